The molecule has 0 radical (unpaired) electrons. The second-order valence-electron chi connectivity index (χ2n) is 8.34. The summed E-state index contributed by atoms with van der Waals surface area (Å²) in [7, 11) is 0. The molecule has 1 aliphatic heterocycles. The predicted molar refractivity (Wildman–Crippen MR) is 133 cm³/mol. The minimum atomic E-state index is -0.0829. The summed E-state index contributed by atoms with van der Waals surface area (Å²) in [5, 5.41) is 9.34. The van der Waals surface area contributed by atoms with Gasteiger partial charge in [0.05, 0.1) is 0 Å². The zero-order valence-corrected chi connectivity index (χ0v) is 19.2. The first kappa shape index (κ1) is 21.3. The van der Waals surface area contributed by atoms with Crippen LogP contribution >= 0.6 is 11.3 Å². The Bertz CT molecular complexity index is 1290. The highest BCUT2D eigenvalue weighted by molar-refractivity contribution is 7.10. The first-order valence-corrected chi connectivity index (χ1v) is 12.0. The summed E-state index contributed by atoms with van der Waals surface area (Å²) in [6, 6.07) is 18.3. The molecule has 3 heterocycles. The molecule has 1 aliphatic rings. The fraction of sp³-hybridized carbons (Fsp3) is 0.231. The van der Waals surface area contributed by atoms with Crippen LogP contribution < -0.4 is 10.6 Å². The Kier molecular flexibility index (Phi) is 5.88. The molecule has 168 valence electrons. The minimum absolute atomic E-state index is 0.0630. The molecule has 0 aliphatic carbocycles. The zero-order valence-electron chi connectivity index (χ0n) is 18.4. The first-order chi connectivity index (χ1) is 16.1. The van der Waals surface area contributed by atoms with Crippen molar-refractivity contribution in [2.24, 2.45) is 0 Å². The number of aromatic amines is 1. The maximum Gasteiger partial charge on any atom is 0.317 e. The number of anilines is 1. The van der Waals surface area contributed by atoms with E-state index in [1.165, 1.54) is 22.8 Å². The first-order valence-electron chi connectivity index (χ1n) is 11.1. The number of para-hydroxylation sites is 1. The van der Waals surface area contributed by atoms with E-state index in [4.69, 9.17) is 0 Å². The number of carbonyl (C=O) groups is 2. The molecule has 1 unspecified atom stereocenters. The van der Waals surface area contributed by atoms with Crippen LogP contribution in [-0.4, -0.2) is 34.9 Å². The van der Waals surface area contributed by atoms with E-state index in [1.54, 1.807) is 11.3 Å². The number of hydrogen-bond donors (Lipinski definition) is 3. The van der Waals surface area contributed by atoms with Gasteiger partial charge in [0.2, 0.25) is 5.91 Å². The number of H-pyrrole nitrogens is 1. The highest BCUT2D eigenvalue weighted by Crippen LogP contribution is 2.33. The van der Waals surface area contributed by atoms with Gasteiger partial charge in [0.25, 0.3) is 0 Å². The van der Waals surface area contributed by atoms with Gasteiger partial charge in [-0.1, -0.05) is 36.4 Å². The molecule has 3 N–H and O–H groups in total. The van der Waals surface area contributed by atoms with Crippen molar-refractivity contribution in [3.63, 3.8) is 0 Å². The molecular weight excluding hydrogens is 432 g/mol. The number of aromatic nitrogens is 1. The number of carbonyl (C=O) groups excluding carboxylic acids is 2. The molecule has 2 aromatic heterocycles. The fourth-order valence-corrected chi connectivity index (χ4v) is 5.47. The lowest BCUT2D eigenvalue weighted by atomic mass is 9.96. The molecule has 0 bridgehead atoms. The normalized spacial score (nSPS) is 14.0. The molecule has 0 saturated carbocycles. The van der Waals surface area contributed by atoms with Crippen LogP contribution in [0.25, 0.3) is 10.9 Å². The molecule has 33 heavy (non-hydrogen) atoms. The topological polar surface area (TPSA) is 77.2 Å². The van der Waals surface area contributed by atoms with Gasteiger partial charge in [0, 0.05) is 60.1 Å². The van der Waals surface area contributed by atoms with Gasteiger partial charge in [-0.05, 0) is 46.7 Å². The van der Waals surface area contributed by atoms with Gasteiger partial charge in [0.1, 0.15) is 0 Å². The van der Waals surface area contributed by atoms with E-state index in [9.17, 15) is 9.59 Å². The quantitative estimate of drug-likeness (QED) is 0.390. The van der Waals surface area contributed by atoms with Crippen LogP contribution in [0.5, 0.6) is 0 Å². The summed E-state index contributed by atoms with van der Waals surface area (Å²) >= 11 is 1.71. The maximum atomic E-state index is 13.1. The summed E-state index contributed by atoms with van der Waals surface area (Å²) in [4.78, 5) is 31.1. The largest absolute Gasteiger partial charge is 0.361 e. The highest BCUT2D eigenvalue weighted by Gasteiger charge is 2.25. The summed E-state index contributed by atoms with van der Waals surface area (Å²) < 4.78 is 0. The van der Waals surface area contributed by atoms with Crippen LogP contribution in [0.2, 0.25) is 0 Å². The number of fused-ring (bicyclic) bond motifs is 2. The van der Waals surface area contributed by atoms with E-state index >= 15 is 0 Å². The summed E-state index contributed by atoms with van der Waals surface area (Å²) in [5.74, 6) is -0.00554. The Balaban J connectivity index is 1.32. The Morgan fingerprint density at radius 3 is 2.82 bits per heavy atom. The van der Waals surface area contributed by atoms with Gasteiger partial charge in [-0.15, -0.1) is 11.3 Å². The van der Waals surface area contributed by atoms with Gasteiger partial charge in [0.15, 0.2) is 0 Å². The fourth-order valence-electron chi connectivity index (χ4n) is 4.63. The standard InChI is InChI=1S/C26H26N4O2S/c1-17(31)29-24-9-4-6-18-16-30(12-11-19(18)24)26(32)28-15-22(25-10-5-13-33-25)21-14-27-23-8-3-2-7-20(21)23/h2-10,13-14,22,27H,11-12,15-16H2,1H3,(H,28,32)(H,29,31). The SMILES string of the molecule is CC(=O)Nc1cccc2c1CCN(C(=O)NCC(c1cccs1)c1c[nH]c3ccccc13)C2. The monoisotopic (exact) mass is 458 g/mol. The predicted octanol–water partition coefficient (Wildman–Crippen LogP) is 5.09. The molecule has 0 fully saturated rings. The van der Waals surface area contributed by atoms with Crippen LogP contribution in [0.1, 0.15) is 34.4 Å². The second-order valence-corrected chi connectivity index (χ2v) is 9.32. The smallest absolute Gasteiger partial charge is 0.317 e. The Morgan fingerprint density at radius 2 is 2.00 bits per heavy atom. The van der Waals surface area contributed by atoms with E-state index in [-0.39, 0.29) is 17.9 Å². The van der Waals surface area contributed by atoms with E-state index in [1.807, 2.05) is 35.2 Å². The number of hydrogen-bond acceptors (Lipinski definition) is 3. The van der Waals surface area contributed by atoms with E-state index < -0.39 is 0 Å². The van der Waals surface area contributed by atoms with Crippen molar-refractivity contribution in [2.75, 3.05) is 18.4 Å². The number of rotatable bonds is 5. The van der Waals surface area contributed by atoms with Crippen molar-refractivity contribution >= 4 is 39.9 Å². The van der Waals surface area contributed by atoms with Gasteiger partial charge in [-0.25, -0.2) is 4.79 Å². The lowest BCUT2D eigenvalue weighted by molar-refractivity contribution is -0.114. The molecule has 2 aromatic carbocycles. The minimum Gasteiger partial charge on any atom is -0.361 e. The molecule has 0 saturated heterocycles. The summed E-state index contributed by atoms with van der Waals surface area (Å²) in [6.07, 6.45) is 2.78. The molecule has 0 spiro atoms. The van der Waals surface area contributed by atoms with E-state index in [0.717, 1.165) is 28.8 Å². The highest BCUT2D eigenvalue weighted by atomic mass is 32.1. The average Bonchev–Trinajstić information content (AvgIpc) is 3.50. The van der Waals surface area contributed by atoms with E-state index in [2.05, 4.69) is 51.5 Å². The molecular formula is C26H26N4O2S. The van der Waals surface area contributed by atoms with Crippen LogP contribution in [0, 0.1) is 0 Å². The van der Waals surface area contributed by atoms with Crippen molar-refractivity contribution in [1.82, 2.24) is 15.2 Å². The lowest BCUT2D eigenvalue weighted by Crippen LogP contribution is -2.44. The van der Waals surface area contributed by atoms with Crippen LogP contribution in [0.15, 0.2) is 66.2 Å². The number of amides is 3. The van der Waals surface area contributed by atoms with Crippen molar-refractivity contribution in [3.8, 4) is 0 Å². The van der Waals surface area contributed by atoms with Crippen molar-refractivity contribution < 1.29 is 9.59 Å². The molecule has 1 atom stereocenters. The lowest BCUT2D eigenvalue weighted by Gasteiger charge is -2.30. The van der Waals surface area contributed by atoms with Crippen molar-refractivity contribution in [3.05, 3.63) is 87.7 Å². The van der Waals surface area contributed by atoms with Gasteiger partial charge < -0.3 is 20.5 Å². The second kappa shape index (κ2) is 9.11. The van der Waals surface area contributed by atoms with Gasteiger partial charge in [-0.2, -0.15) is 0 Å². The molecule has 5 rings (SSSR count). The van der Waals surface area contributed by atoms with Crippen LogP contribution in [0.4, 0.5) is 10.5 Å². The van der Waals surface area contributed by atoms with Crippen molar-refractivity contribution in [2.45, 2.75) is 25.8 Å². The Hall–Kier alpha value is -3.58. The zero-order chi connectivity index (χ0) is 22.8. The maximum absolute atomic E-state index is 13.1. The van der Waals surface area contributed by atoms with Crippen LogP contribution in [0.3, 0.4) is 0 Å². The summed E-state index contributed by atoms with van der Waals surface area (Å²) in [5.41, 5.74) is 5.33. The number of benzene rings is 2. The third-order valence-electron chi connectivity index (χ3n) is 6.20. The summed E-state index contributed by atoms with van der Waals surface area (Å²) in [6.45, 7) is 3.19. The average molecular weight is 459 g/mol. The number of urea groups is 1. The van der Waals surface area contributed by atoms with Gasteiger partial charge >= 0.3 is 6.03 Å². The third kappa shape index (κ3) is 4.36. The number of nitrogens with one attached hydrogen (secondary N) is 3. The molecule has 3 amide bonds. The van der Waals surface area contributed by atoms with Gasteiger partial charge in [-0.3, -0.25) is 4.79 Å². The van der Waals surface area contributed by atoms with Crippen LogP contribution in [-0.2, 0) is 17.8 Å². The number of nitrogens with zero attached hydrogens (tertiary/aromatic N) is 1. The van der Waals surface area contributed by atoms with E-state index in [0.29, 0.717) is 19.6 Å². The Labute approximate surface area is 196 Å². The molecule has 6 nitrogen and oxygen atoms in total. The Morgan fingerprint density at radius 1 is 1.12 bits per heavy atom. The molecule has 7 heteroatoms. The van der Waals surface area contributed by atoms with Crippen molar-refractivity contribution in [1.29, 1.82) is 0 Å². The molecule has 4 aromatic rings. The number of thiophene rings is 1. The third-order valence-corrected chi connectivity index (χ3v) is 7.19.